The highest BCUT2D eigenvalue weighted by Gasteiger charge is 2.31. The topological polar surface area (TPSA) is 0 Å². The summed E-state index contributed by atoms with van der Waals surface area (Å²) in [5.74, 6) is 0. The van der Waals surface area contributed by atoms with E-state index < -0.39 is 0 Å². The molecule has 0 aromatic carbocycles. The molecule has 2 aliphatic carbocycles. The van der Waals surface area contributed by atoms with Crippen molar-refractivity contribution in [3.8, 4) is 0 Å². The van der Waals surface area contributed by atoms with Gasteiger partial charge >= 0.3 is 0 Å². The van der Waals surface area contributed by atoms with Crippen molar-refractivity contribution in [2.45, 2.75) is 134 Å². The molecule has 2 fully saturated rings. The van der Waals surface area contributed by atoms with Gasteiger partial charge in [-0.15, -0.1) is 0 Å². The molecule has 0 nitrogen and oxygen atoms in total. The minimum absolute atomic E-state index is 0.471. The highest BCUT2D eigenvalue weighted by atomic mass is 14.2. The Morgan fingerprint density at radius 3 is 0.870 bits per heavy atom. The van der Waals surface area contributed by atoms with E-state index in [1.54, 1.807) is 0 Å². The minimum atomic E-state index is 0.471. The maximum Gasteiger partial charge on any atom is 0.0742 e. The summed E-state index contributed by atoms with van der Waals surface area (Å²) in [7, 11) is 5.34. The van der Waals surface area contributed by atoms with E-state index in [0.717, 1.165) is 0 Å². The predicted octanol–water partition coefficient (Wildman–Crippen LogP) is 7.33. The molecule has 2 radical (unpaired) electrons. The van der Waals surface area contributed by atoms with Crippen LogP contribution in [0.25, 0.3) is 0 Å². The molecular formula is C21H40B2. The van der Waals surface area contributed by atoms with E-state index in [4.69, 9.17) is 0 Å². The summed E-state index contributed by atoms with van der Waals surface area (Å²) >= 11 is 0. The smallest absolute Gasteiger partial charge is 0.0688 e. The second-order valence-electron chi connectivity index (χ2n) is 9.24. The number of hydrogen-bond donors (Lipinski definition) is 0. The van der Waals surface area contributed by atoms with E-state index in [1.807, 2.05) is 0 Å². The first-order valence-corrected chi connectivity index (χ1v) is 10.8. The molecule has 0 amide bonds. The molecule has 130 valence electrons. The Kier molecular flexibility index (Phi) is 8.62. The molecule has 0 N–H and O–H groups in total. The highest BCUT2D eigenvalue weighted by Crippen LogP contribution is 2.43. The molecule has 2 aliphatic rings. The predicted molar refractivity (Wildman–Crippen MR) is 107 cm³/mol. The SMILES string of the molecule is CC1([B][B]C2(C)CCCCCCCC2)CCCCCCCCC1. The minimum Gasteiger partial charge on any atom is -0.0688 e. The van der Waals surface area contributed by atoms with Gasteiger partial charge in [-0.3, -0.25) is 0 Å². The van der Waals surface area contributed by atoms with Crippen molar-refractivity contribution in [1.29, 1.82) is 0 Å². The van der Waals surface area contributed by atoms with E-state index in [2.05, 4.69) is 28.2 Å². The lowest BCUT2D eigenvalue weighted by Crippen LogP contribution is -2.31. The van der Waals surface area contributed by atoms with Crippen LogP contribution in [0.4, 0.5) is 0 Å². The van der Waals surface area contributed by atoms with E-state index in [-0.39, 0.29) is 0 Å². The zero-order valence-corrected chi connectivity index (χ0v) is 16.2. The summed E-state index contributed by atoms with van der Waals surface area (Å²) in [6, 6.07) is 0. The molecule has 0 saturated heterocycles. The van der Waals surface area contributed by atoms with Gasteiger partial charge in [-0.25, -0.2) is 0 Å². The lowest BCUT2D eigenvalue weighted by molar-refractivity contribution is 0.427. The molecule has 0 bridgehead atoms. The van der Waals surface area contributed by atoms with Gasteiger partial charge in [0.2, 0.25) is 0 Å². The van der Waals surface area contributed by atoms with Gasteiger partial charge in [0.25, 0.3) is 0 Å². The van der Waals surface area contributed by atoms with E-state index in [1.165, 1.54) is 109 Å². The molecule has 2 rings (SSSR count). The monoisotopic (exact) mass is 314 g/mol. The van der Waals surface area contributed by atoms with Crippen molar-refractivity contribution >= 4 is 14.3 Å². The Morgan fingerprint density at radius 2 is 0.609 bits per heavy atom. The zero-order valence-electron chi connectivity index (χ0n) is 16.2. The van der Waals surface area contributed by atoms with Crippen LogP contribution in [0.15, 0.2) is 0 Å². The maximum absolute atomic E-state index is 2.67. The normalized spacial score (nSPS) is 27.0. The largest absolute Gasteiger partial charge is 0.0742 e. The molecule has 0 aliphatic heterocycles. The van der Waals surface area contributed by atoms with Crippen LogP contribution in [0.3, 0.4) is 0 Å². The molecular weight excluding hydrogens is 274 g/mol. The fraction of sp³-hybridized carbons (Fsp3) is 1.00. The standard InChI is InChI=1S/C21H40B2/c1-20(16-12-8-4-3-5-9-13-17-20)22-23-21(2)18-14-10-6-7-11-15-19-21/h3-19H2,1-2H3. The van der Waals surface area contributed by atoms with Crippen molar-refractivity contribution in [3.05, 3.63) is 0 Å². The summed E-state index contributed by atoms with van der Waals surface area (Å²) in [5, 5.41) is 0.946. The average Bonchev–Trinajstić information content (AvgIpc) is 2.65. The molecule has 2 heteroatoms. The van der Waals surface area contributed by atoms with Crippen molar-refractivity contribution in [3.63, 3.8) is 0 Å². The van der Waals surface area contributed by atoms with Gasteiger partial charge in [-0.05, 0) is 0 Å². The fourth-order valence-electron chi connectivity index (χ4n) is 4.69. The van der Waals surface area contributed by atoms with Crippen molar-refractivity contribution in [2.24, 2.45) is 0 Å². The lowest BCUT2D eigenvalue weighted by Gasteiger charge is -2.36. The summed E-state index contributed by atoms with van der Waals surface area (Å²) in [6.07, 6.45) is 24.6. The van der Waals surface area contributed by atoms with Crippen LogP contribution >= 0.6 is 0 Å². The summed E-state index contributed by atoms with van der Waals surface area (Å²) < 4.78 is 0. The second-order valence-corrected chi connectivity index (χ2v) is 9.24. The third-order valence-electron chi connectivity index (χ3n) is 6.63. The average molecular weight is 314 g/mol. The summed E-state index contributed by atoms with van der Waals surface area (Å²) in [4.78, 5) is 0. The van der Waals surface area contributed by atoms with E-state index in [0.29, 0.717) is 10.6 Å². The Morgan fingerprint density at radius 1 is 0.391 bits per heavy atom. The van der Waals surface area contributed by atoms with Gasteiger partial charge in [-0.2, -0.15) is 0 Å². The molecule has 0 heterocycles. The van der Waals surface area contributed by atoms with Crippen molar-refractivity contribution < 1.29 is 0 Å². The fourth-order valence-corrected chi connectivity index (χ4v) is 4.69. The van der Waals surface area contributed by atoms with Crippen molar-refractivity contribution in [1.82, 2.24) is 0 Å². The molecule has 23 heavy (non-hydrogen) atoms. The van der Waals surface area contributed by atoms with Crippen LogP contribution in [0.1, 0.15) is 123 Å². The highest BCUT2D eigenvalue weighted by molar-refractivity contribution is 7.03. The van der Waals surface area contributed by atoms with Crippen LogP contribution in [0.5, 0.6) is 0 Å². The molecule has 2 saturated carbocycles. The van der Waals surface area contributed by atoms with Gasteiger partial charge in [0.15, 0.2) is 0 Å². The Bertz CT molecular complexity index is 293. The van der Waals surface area contributed by atoms with Gasteiger partial charge < -0.3 is 0 Å². The number of hydrogen-bond acceptors (Lipinski definition) is 0. The first kappa shape index (κ1) is 19.5. The van der Waals surface area contributed by atoms with E-state index in [9.17, 15) is 0 Å². The zero-order chi connectivity index (χ0) is 16.4. The molecule has 0 unspecified atom stereocenters. The third-order valence-corrected chi connectivity index (χ3v) is 6.63. The number of rotatable bonds is 3. The van der Waals surface area contributed by atoms with Crippen LogP contribution in [0.2, 0.25) is 10.6 Å². The van der Waals surface area contributed by atoms with Crippen LogP contribution in [-0.4, -0.2) is 14.3 Å². The first-order valence-electron chi connectivity index (χ1n) is 10.8. The van der Waals surface area contributed by atoms with Gasteiger partial charge in [0.05, 0.1) is 14.3 Å². The second kappa shape index (κ2) is 10.2. The van der Waals surface area contributed by atoms with Crippen LogP contribution in [-0.2, 0) is 0 Å². The Balaban J connectivity index is 1.85. The van der Waals surface area contributed by atoms with Gasteiger partial charge in [0.1, 0.15) is 0 Å². The Labute approximate surface area is 148 Å². The lowest BCUT2D eigenvalue weighted by atomic mass is 9.20. The maximum atomic E-state index is 2.67. The molecule has 0 atom stereocenters. The Hall–Kier alpha value is 0.130. The van der Waals surface area contributed by atoms with Gasteiger partial charge in [0, 0.05) is 0 Å². The van der Waals surface area contributed by atoms with Crippen molar-refractivity contribution in [2.75, 3.05) is 0 Å². The summed E-state index contributed by atoms with van der Waals surface area (Å²) in [6.45, 7) is 5.09. The first-order chi connectivity index (χ1) is 11.1. The van der Waals surface area contributed by atoms with Crippen LogP contribution in [0, 0.1) is 0 Å². The molecule has 0 aromatic heterocycles. The molecule has 0 spiro atoms. The van der Waals surface area contributed by atoms with E-state index >= 15 is 0 Å². The third kappa shape index (κ3) is 7.70. The van der Waals surface area contributed by atoms with Crippen LogP contribution < -0.4 is 0 Å². The quantitative estimate of drug-likeness (QED) is 0.478. The summed E-state index contributed by atoms with van der Waals surface area (Å²) in [5.41, 5.74) is 0. The molecule has 0 aromatic rings. The van der Waals surface area contributed by atoms with Gasteiger partial charge in [-0.1, -0.05) is 134 Å².